The van der Waals surface area contributed by atoms with E-state index in [2.05, 4.69) is 15.1 Å². The van der Waals surface area contributed by atoms with Gasteiger partial charge in [-0.15, -0.1) is 0 Å². The van der Waals surface area contributed by atoms with Gasteiger partial charge in [0.05, 0.1) is 29.4 Å². The van der Waals surface area contributed by atoms with Crippen LogP contribution in [0.15, 0.2) is 54.6 Å². The van der Waals surface area contributed by atoms with Crippen molar-refractivity contribution in [3.63, 3.8) is 0 Å². The molecule has 3 aromatic rings. The van der Waals surface area contributed by atoms with E-state index in [1.54, 1.807) is 36.9 Å². The highest BCUT2D eigenvalue weighted by Gasteiger charge is 2.51. The second kappa shape index (κ2) is 17.0. The van der Waals surface area contributed by atoms with Gasteiger partial charge < -0.3 is 9.64 Å². The van der Waals surface area contributed by atoms with Crippen LogP contribution in [0.1, 0.15) is 73.3 Å². The number of anilines is 2. The summed E-state index contributed by atoms with van der Waals surface area (Å²) < 4.78 is 47.8. The number of benzene rings is 3. The average Bonchev–Trinajstić information content (AvgIpc) is 4.00. The minimum atomic E-state index is -4.79. The number of ether oxygens (including phenoxy) is 1. The summed E-state index contributed by atoms with van der Waals surface area (Å²) in [4.78, 5) is 57.8. The van der Waals surface area contributed by atoms with E-state index >= 15 is 0 Å². The SMILES string of the molecule is CC1(C)C(=O)N(c2ccc(C#N)c(C(F)(F)F)c2)C(=S)N1c1ccc(OCCN2CCN(CC(=O)Cc3cc(Cl)cc(CC4CCC(=O)NC4=O)c3)CC2)c(C2CC2)c1. The fraction of sp³-hybridized carbons (Fsp3) is 0.442. The summed E-state index contributed by atoms with van der Waals surface area (Å²) in [6.45, 7) is 7.79. The van der Waals surface area contributed by atoms with Crippen molar-refractivity contribution in [3.8, 4) is 11.8 Å². The van der Waals surface area contributed by atoms with Crippen LogP contribution in [-0.4, -0.2) is 89.8 Å². The standard InChI is InChI=1S/C43H44ClF3N6O5S/c1-42(2)40(57)52(32-7-5-30(24-48)36(23-32)43(45,46)47)41(59)53(42)33-8-9-37(35(22-33)28-3-4-28)58-16-15-50-11-13-51(14-12-50)25-34(54)21-27-17-26(19-31(44)20-27)18-29-6-10-38(55)49-39(29)56/h5,7-9,17,19-20,22-23,28-29H,3-4,6,10-16,18,21,25H2,1-2H3,(H,49,55,56). The van der Waals surface area contributed by atoms with Crippen LogP contribution in [0, 0.1) is 17.2 Å². The highest BCUT2D eigenvalue weighted by molar-refractivity contribution is 7.81. The lowest BCUT2D eigenvalue weighted by molar-refractivity contribution is -0.138. The number of hydrogen-bond donors (Lipinski definition) is 1. The second-order valence-electron chi connectivity index (χ2n) is 16.2. The van der Waals surface area contributed by atoms with Crippen molar-refractivity contribution in [1.82, 2.24) is 15.1 Å². The monoisotopic (exact) mass is 848 g/mol. The number of nitrogens with one attached hydrogen (secondary N) is 1. The van der Waals surface area contributed by atoms with E-state index in [0.717, 1.165) is 78.5 Å². The molecule has 1 unspecified atom stereocenters. The lowest BCUT2D eigenvalue weighted by atomic mass is 9.90. The highest BCUT2D eigenvalue weighted by Crippen LogP contribution is 2.47. The molecule has 1 aliphatic carbocycles. The highest BCUT2D eigenvalue weighted by atomic mass is 35.5. The molecule has 0 spiro atoms. The fourth-order valence-corrected chi connectivity index (χ4v) is 8.93. The van der Waals surface area contributed by atoms with Gasteiger partial charge in [0.1, 0.15) is 17.9 Å². The molecule has 11 nitrogen and oxygen atoms in total. The molecule has 4 fully saturated rings. The van der Waals surface area contributed by atoms with Gasteiger partial charge in [-0.1, -0.05) is 17.7 Å². The number of carbonyl (C=O) groups excluding carboxylic acids is 4. The molecule has 3 heterocycles. The molecule has 4 aliphatic rings. The number of hydrogen-bond acceptors (Lipinski definition) is 9. The van der Waals surface area contributed by atoms with Crippen molar-refractivity contribution in [2.24, 2.45) is 5.92 Å². The number of Topliss-reactive ketones (excluding diaryl/α,β-unsaturated/α-hetero) is 1. The Bertz CT molecular complexity index is 2230. The largest absolute Gasteiger partial charge is 0.492 e. The van der Waals surface area contributed by atoms with Gasteiger partial charge in [0.2, 0.25) is 11.8 Å². The number of carbonyl (C=O) groups is 4. The fourth-order valence-electron chi connectivity index (χ4n) is 8.12. The van der Waals surface area contributed by atoms with E-state index in [9.17, 15) is 37.6 Å². The number of nitrogens with zero attached hydrogens (tertiary/aromatic N) is 5. The van der Waals surface area contributed by atoms with Gasteiger partial charge >= 0.3 is 6.18 Å². The van der Waals surface area contributed by atoms with Crippen molar-refractivity contribution in [1.29, 1.82) is 5.26 Å². The summed E-state index contributed by atoms with van der Waals surface area (Å²) in [5.41, 5.74) is 0.326. The Morgan fingerprint density at radius 2 is 1.66 bits per heavy atom. The van der Waals surface area contributed by atoms with E-state index in [1.807, 2.05) is 24.3 Å². The van der Waals surface area contributed by atoms with Crippen molar-refractivity contribution in [2.45, 2.75) is 70.0 Å². The second-order valence-corrected chi connectivity index (χ2v) is 17.0. The third-order valence-corrected chi connectivity index (χ3v) is 12.0. The Morgan fingerprint density at radius 1 is 0.966 bits per heavy atom. The smallest absolute Gasteiger partial charge is 0.417 e. The summed E-state index contributed by atoms with van der Waals surface area (Å²) in [6, 6.07) is 15.8. The van der Waals surface area contributed by atoms with E-state index in [0.29, 0.717) is 49.7 Å². The quantitative estimate of drug-likeness (QED) is 0.152. The van der Waals surface area contributed by atoms with Gasteiger partial charge in [-0.3, -0.25) is 39.2 Å². The first-order chi connectivity index (χ1) is 28.0. The molecule has 3 saturated heterocycles. The summed E-state index contributed by atoms with van der Waals surface area (Å²) >= 11 is 12.1. The summed E-state index contributed by atoms with van der Waals surface area (Å²) in [5, 5.41) is 12.2. The zero-order valence-electron chi connectivity index (χ0n) is 32.7. The first-order valence-electron chi connectivity index (χ1n) is 19.7. The summed E-state index contributed by atoms with van der Waals surface area (Å²) in [5.74, 6) is -0.246. The van der Waals surface area contributed by atoms with Gasteiger partial charge in [0.25, 0.3) is 5.91 Å². The molecular formula is C43H44ClF3N6O5S. The number of halogens is 4. The molecule has 0 aromatic heterocycles. The molecule has 16 heteroatoms. The normalized spacial score (nSPS) is 20.2. The zero-order chi connectivity index (χ0) is 42.2. The number of thiocarbonyl (C=S) groups is 1. The first-order valence-corrected chi connectivity index (χ1v) is 20.5. The van der Waals surface area contributed by atoms with E-state index in [-0.39, 0.29) is 46.7 Å². The number of rotatable bonds is 13. The number of piperazine rings is 1. The van der Waals surface area contributed by atoms with Gasteiger partial charge in [-0.2, -0.15) is 18.4 Å². The average molecular weight is 849 g/mol. The van der Waals surface area contributed by atoms with Crippen LogP contribution in [0.2, 0.25) is 5.02 Å². The minimum Gasteiger partial charge on any atom is -0.492 e. The molecule has 310 valence electrons. The van der Waals surface area contributed by atoms with Crippen molar-refractivity contribution < 1.29 is 37.1 Å². The maximum Gasteiger partial charge on any atom is 0.417 e. The Hall–Kier alpha value is -4.88. The number of imide groups is 1. The van der Waals surface area contributed by atoms with E-state index < -0.39 is 28.7 Å². The Morgan fingerprint density at radius 3 is 2.34 bits per heavy atom. The molecule has 1 saturated carbocycles. The van der Waals surface area contributed by atoms with Gasteiger partial charge in [-0.25, -0.2) is 0 Å². The molecule has 59 heavy (non-hydrogen) atoms. The minimum absolute atomic E-state index is 0.0368. The molecule has 3 amide bonds. The van der Waals surface area contributed by atoms with Crippen molar-refractivity contribution >= 4 is 63.8 Å². The number of ketones is 1. The zero-order valence-corrected chi connectivity index (χ0v) is 34.3. The molecular weight excluding hydrogens is 805 g/mol. The molecule has 7 rings (SSSR count). The number of nitriles is 1. The van der Waals surface area contributed by atoms with Crippen LogP contribution >= 0.6 is 23.8 Å². The van der Waals surface area contributed by atoms with E-state index in [4.69, 9.17) is 28.6 Å². The summed E-state index contributed by atoms with van der Waals surface area (Å²) in [7, 11) is 0. The maximum atomic E-state index is 13.8. The van der Waals surface area contributed by atoms with Crippen LogP contribution in [0.25, 0.3) is 0 Å². The lowest BCUT2D eigenvalue weighted by Crippen LogP contribution is -2.48. The van der Waals surface area contributed by atoms with Crippen LogP contribution in [-0.2, 0) is 38.2 Å². The number of amides is 3. The Balaban J connectivity index is 0.919. The van der Waals surface area contributed by atoms with Crippen LogP contribution in [0.3, 0.4) is 0 Å². The Kier molecular flexibility index (Phi) is 12.2. The molecule has 1 atom stereocenters. The van der Waals surface area contributed by atoms with E-state index in [1.165, 1.54) is 6.07 Å². The summed E-state index contributed by atoms with van der Waals surface area (Å²) in [6.07, 6.45) is -1.35. The van der Waals surface area contributed by atoms with Crippen LogP contribution in [0.4, 0.5) is 24.5 Å². The van der Waals surface area contributed by atoms with Crippen LogP contribution < -0.4 is 19.9 Å². The predicted molar refractivity (Wildman–Crippen MR) is 219 cm³/mol. The molecule has 3 aromatic carbocycles. The van der Waals surface area contributed by atoms with Gasteiger partial charge in [0, 0.05) is 62.2 Å². The van der Waals surface area contributed by atoms with Gasteiger partial charge in [-0.05, 0) is 123 Å². The number of alkyl halides is 3. The van der Waals surface area contributed by atoms with Crippen molar-refractivity contribution in [3.05, 3.63) is 87.4 Å². The maximum absolute atomic E-state index is 13.8. The first kappa shape index (κ1) is 42.3. The third-order valence-electron chi connectivity index (χ3n) is 11.4. The molecule has 1 N–H and O–H groups in total. The third kappa shape index (κ3) is 9.46. The Labute approximate surface area is 351 Å². The van der Waals surface area contributed by atoms with Crippen molar-refractivity contribution in [2.75, 3.05) is 55.7 Å². The molecule has 3 aliphatic heterocycles. The topological polar surface area (TPSA) is 126 Å². The lowest BCUT2D eigenvalue weighted by Gasteiger charge is -2.34. The van der Waals surface area contributed by atoms with Crippen LogP contribution in [0.5, 0.6) is 5.75 Å². The predicted octanol–water partition coefficient (Wildman–Crippen LogP) is 6.43. The number of piperidine rings is 1. The molecule has 0 radical (unpaired) electrons. The molecule has 0 bridgehead atoms. The van der Waals surface area contributed by atoms with Gasteiger partial charge in [0.15, 0.2) is 10.9 Å².